The fraction of sp³-hybridized carbons (Fsp3) is 0.500. The van der Waals surface area contributed by atoms with E-state index in [1.807, 2.05) is 13.8 Å². The standard InChI is InChI=1S/C14H21NO3S/c1-6-10(3)14(16)15-19(17,18)13-11(4)7-9(2)8-12(13)5/h7-8,10H,6H2,1-5H3,(H,15,16)/t10-/m0/s1. The van der Waals surface area contributed by atoms with Crippen LogP contribution < -0.4 is 4.72 Å². The van der Waals surface area contributed by atoms with Crippen LogP contribution in [0.1, 0.15) is 37.0 Å². The number of hydrogen-bond acceptors (Lipinski definition) is 3. The Morgan fingerprint density at radius 1 is 1.21 bits per heavy atom. The largest absolute Gasteiger partial charge is 0.274 e. The predicted molar refractivity (Wildman–Crippen MR) is 75.4 cm³/mol. The summed E-state index contributed by atoms with van der Waals surface area (Å²) in [5, 5.41) is 0. The Kier molecular flexibility index (Phi) is 4.74. The van der Waals surface area contributed by atoms with Crippen molar-refractivity contribution in [3.05, 3.63) is 28.8 Å². The second kappa shape index (κ2) is 5.74. The van der Waals surface area contributed by atoms with Crippen LogP contribution in [-0.2, 0) is 14.8 Å². The molecule has 0 bridgehead atoms. The van der Waals surface area contributed by atoms with E-state index in [1.165, 1.54) is 0 Å². The second-order valence-corrected chi connectivity index (χ2v) is 6.63. The molecule has 0 aliphatic heterocycles. The fourth-order valence-corrected chi connectivity index (χ4v) is 3.59. The third-order valence-corrected chi connectivity index (χ3v) is 4.82. The lowest BCUT2D eigenvalue weighted by Crippen LogP contribution is -2.35. The first-order valence-corrected chi connectivity index (χ1v) is 7.81. The van der Waals surface area contributed by atoms with Crippen molar-refractivity contribution in [3.63, 3.8) is 0 Å². The molecule has 5 heteroatoms. The number of carbonyl (C=O) groups excluding carboxylic acids is 1. The van der Waals surface area contributed by atoms with E-state index >= 15 is 0 Å². The molecular weight excluding hydrogens is 262 g/mol. The van der Waals surface area contributed by atoms with Gasteiger partial charge in [-0.15, -0.1) is 0 Å². The molecule has 1 rings (SSSR count). The second-order valence-electron chi connectivity index (χ2n) is 5.01. The van der Waals surface area contributed by atoms with E-state index in [9.17, 15) is 13.2 Å². The number of rotatable bonds is 4. The van der Waals surface area contributed by atoms with E-state index in [4.69, 9.17) is 0 Å². The summed E-state index contributed by atoms with van der Waals surface area (Å²) >= 11 is 0. The van der Waals surface area contributed by atoms with Crippen LogP contribution in [0, 0.1) is 26.7 Å². The molecule has 0 saturated carbocycles. The van der Waals surface area contributed by atoms with E-state index in [1.54, 1.807) is 32.9 Å². The fourth-order valence-electron chi connectivity index (χ4n) is 2.06. The van der Waals surface area contributed by atoms with Crippen LogP contribution in [0.2, 0.25) is 0 Å². The zero-order valence-electron chi connectivity index (χ0n) is 12.1. The van der Waals surface area contributed by atoms with Crippen LogP contribution in [0.3, 0.4) is 0 Å². The molecule has 1 aromatic rings. The highest BCUT2D eigenvalue weighted by Crippen LogP contribution is 2.21. The zero-order chi connectivity index (χ0) is 14.8. The molecule has 1 amide bonds. The van der Waals surface area contributed by atoms with Gasteiger partial charge < -0.3 is 0 Å². The smallest absolute Gasteiger partial charge is 0.264 e. The number of benzene rings is 1. The van der Waals surface area contributed by atoms with E-state index in [0.29, 0.717) is 17.5 Å². The monoisotopic (exact) mass is 283 g/mol. The summed E-state index contributed by atoms with van der Waals surface area (Å²) in [6.45, 7) is 8.94. The molecule has 0 aliphatic carbocycles. The summed E-state index contributed by atoms with van der Waals surface area (Å²) in [5.74, 6) is -0.775. The molecule has 1 aromatic carbocycles. The van der Waals surface area contributed by atoms with Gasteiger partial charge in [0.25, 0.3) is 10.0 Å². The minimum Gasteiger partial charge on any atom is -0.274 e. The van der Waals surface area contributed by atoms with Crippen LogP contribution in [0.5, 0.6) is 0 Å². The van der Waals surface area contributed by atoms with Crippen LogP contribution in [0.4, 0.5) is 0 Å². The molecule has 0 heterocycles. The summed E-state index contributed by atoms with van der Waals surface area (Å²) in [4.78, 5) is 12.0. The predicted octanol–water partition coefficient (Wildman–Crippen LogP) is 2.46. The van der Waals surface area contributed by atoms with Gasteiger partial charge in [-0.05, 0) is 38.3 Å². The Hall–Kier alpha value is -1.36. The average Bonchev–Trinajstić information content (AvgIpc) is 2.24. The van der Waals surface area contributed by atoms with Gasteiger partial charge in [-0.3, -0.25) is 4.79 Å². The number of hydrogen-bond donors (Lipinski definition) is 1. The molecule has 0 aromatic heterocycles. The van der Waals surface area contributed by atoms with E-state index in [2.05, 4.69) is 4.72 Å². The molecule has 1 N–H and O–H groups in total. The summed E-state index contributed by atoms with van der Waals surface area (Å²) in [7, 11) is -3.79. The SMILES string of the molecule is CC[C@H](C)C(=O)NS(=O)(=O)c1c(C)cc(C)cc1C. The molecule has 19 heavy (non-hydrogen) atoms. The lowest BCUT2D eigenvalue weighted by atomic mass is 10.1. The summed E-state index contributed by atoms with van der Waals surface area (Å²) < 4.78 is 26.7. The van der Waals surface area contributed by atoms with Crippen molar-refractivity contribution in [2.75, 3.05) is 0 Å². The quantitative estimate of drug-likeness (QED) is 0.923. The molecule has 4 nitrogen and oxygen atoms in total. The number of carbonyl (C=O) groups is 1. The lowest BCUT2D eigenvalue weighted by Gasteiger charge is -2.15. The Bertz CT molecular complexity index is 568. The third kappa shape index (κ3) is 3.56. The number of amides is 1. The molecule has 0 fully saturated rings. The van der Waals surface area contributed by atoms with Gasteiger partial charge >= 0.3 is 0 Å². The van der Waals surface area contributed by atoms with Gasteiger partial charge in [-0.1, -0.05) is 31.5 Å². The van der Waals surface area contributed by atoms with Gasteiger partial charge in [0.15, 0.2) is 0 Å². The van der Waals surface area contributed by atoms with E-state index in [-0.39, 0.29) is 10.8 Å². The van der Waals surface area contributed by atoms with Gasteiger partial charge in [0, 0.05) is 5.92 Å². The van der Waals surface area contributed by atoms with Crippen molar-refractivity contribution in [2.24, 2.45) is 5.92 Å². The highest BCUT2D eigenvalue weighted by molar-refractivity contribution is 7.90. The molecule has 0 aliphatic rings. The Balaban J connectivity index is 3.19. The van der Waals surface area contributed by atoms with Crippen molar-refractivity contribution in [1.29, 1.82) is 0 Å². The van der Waals surface area contributed by atoms with Crippen molar-refractivity contribution >= 4 is 15.9 Å². The maximum Gasteiger partial charge on any atom is 0.264 e. The molecule has 0 spiro atoms. The minimum absolute atomic E-state index is 0.203. The van der Waals surface area contributed by atoms with Crippen molar-refractivity contribution in [2.45, 2.75) is 45.9 Å². The van der Waals surface area contributed by atoms with Crippen molar-refractivity contribution in [1.82, 2.24) is 4.72 Å². The molecular formula is C14H21NO3S. The molecule has 0 saturated heterocycles. The molecule has 1 atom stereocenters. The minimum atomic E-state index is -3.79. The lowest BCUT2D eigenvalue weighted by molar-refractivity contribution is -0.122. The molecule has 0 unspecified atom stereocenters. The zero-order valence-corrected chi connectivity index (χ0v) is 12.9. The summed E-state index contributed by atoms with van der Waals surface area (Å²) in [6, 6.07) is 3.60. The number of sulfonamides is 1. The maximum atomic E-state index is 12.3. The van der Waals surface area contributed by atoms with Crippen LogP contribution in [-0.4, -0.2) is 14.3 Å². The topological polar surface area (TPSA) is 63.2 Å². The van der Waals surface area contributed by atoms with Gasteiger partial charge in [0.2, 0.25) is 5.91 Å². The first kappa shape index (κ1) is 15.7. The van der Waals surface area contributed by atoms with Crippen LogP contribution in [0.15, 0.2) is 17.0 Å². The number of aryl methyl sites for hydroxylation is 3. The van der Waals surface area contributed by atoms with E-state index in [0.717, 1.165) is 5.56 Å². The first-order valence-electron chi connectivity index (χ1n) is 6.33. The summed E-state index contributed by atoms with van der Waals surface area (Å²) in [5.41, 5.74) is 2.31. The molecule has 0 radical (unpaired) electrons. The van der Waals surface area contributed by atoms with Gasteiger partial charge in [0.1, 0.15) is 0 Å². The van der Waals surface area contributed by atoms with Crippen molar-refractivity contribution in [3.8, 4) is 0 Å². The van der Waals surface area contributed by atoms with Crippen LogP contribution in [0.25, 0.3) is 0 Å². The van der Waals surface area contributed by atoms with Gasteiger partial charge in [-0.25, -0.2) is 13.1 Å². The van der Waals surface area contributed by atoms with Crippen LogP contribution >= 0.6 is 0 Å². The first-order chi connectivity index (χ1) is 8.69. The highest BCUT2D eigenvalue weighted by Gasteiger charge is 2.24. The van der Waals surface area contributed by atoms with Gasteiger partial charge in [-0.2, -0.15) is 0 Å². The maximum absolute atomic E-state index is 12.3. The third-order valence-electron chi connectivity index (χ3n) is 3.17. The van der Waals surface area contributed by atoms with Gasteiger partial charge in [0.05, 0.1) is 4.90 Å². The van der Waals surface area contributed by atoms with E-state index < -0.39 is 15.9 Å². The summed E-state index contributed by atoms with van der Waals surface area (Å²) in [6.07, 6.45) is 0.604. The Morgan fingerprint density at radius 2 is 1.68 bits per heavy atom. The number of nitrogens with one attached hydrogen (secondary N) is 1. The Morgan fingerprint density at radius 3 is 2.11 bits per heavy atom. The highest BCUT2D eigenvalue weighted by atomic mass is 32.2. The Labute approximate surface area is 115 Å². The normalized spacial score (nSPS) is 13.1. The molecule has 106 valence electrons. The average molecular weight is 283 g/mol. The van der Waals surface area contributed by atoms with Crippen molar-refractivity contribution < 1.29 is 13.2 Å².